The quantitative estimate of drug-likeness (QED) is 0.706. The third-order valence-corrected chi connectivity index (χ3v) is 4.35. The largest absolute Gasteiger partial charge is 0.495 e. The Hall–Kier alpha value is -2.06. The van der Waals surface area contributed by atoms with Gasteiger partial charge in [-0.05, 0) is 24.6 Å². The van der Waals surface area contributed by atoms with E-state index >= 15 is 0 Å². The molecule has 2 aromatic rings. The van der Waals surface area contributed by atoms with Crippen molar-refractivity contribution in [3.8, 4) is 5.75 Å². The zero-order valence-electron chi connectivity index (χ0n) is 11.2. The van der Waals surface area contributed by atoms with Gasteiger partial charge in [-0.15, -0.1) is 0 Å². The number of aryl methyl sites for hydroxylation is 1. The first-order valence-electron chi connectivity index (χ1n) is 5.86. The number of nitrogens with one attached hydrogen (secondary N) is 2. The number of nitrogens with zero attached hydrogens (tertiary/aromatic N) is 1. The number of nitrogen functional groups attached to an aromatic ring is 1. The molecule has 108 valence electrons. The minimum Gasteiger partial charge on any atom is -0.495 e. The molecule has 20 heavy (non-hydrogen) atoms. The Kier molecular flexibility index (Phi) is 3.96. The normalized spacial score (nSPS) is 11.5. The number of aromatic nitrogens is 2. The van der Waals surface area contributed by atoms with Gasteiger partial charge in [0.1, 0.15) is 10.6 Å². The lowest BCUT2D eigenvalue weighted by molar-refractivity contribution is 0.417. The smallest absolute Gasteiger partial charge is 0.244 e. The van der Waals surface area contributed by atoms with Crippen molar-refractivity contribution in [2.24, 2.45) is 0 Å². The Morgan fingerprint density at radius 1 is 1.45 bits per heavy atom. The summed E-state index contributed by atoms with van der Waals surface area (Å²) in [5, 5.41) is 6.29. The molecule has 1 heterocycles. The van der Waals surface area contributed by atoms with Crippen LogP contribution in [0.4, 0.5) is 5.69 Å². The third kappa shape index (κ3) is 2.91. The van der Waals surface area contributed by atoms with E-state index < -0.39 is 10.0 Å². The summed E-state index contributed by atoms with van der Waals surface area (Å²) in [6.07, 6.45) is 1.28. The van der Waals surface area contributed by atoms with Gasteiger partial charge in [-0.1, -0.05) is 6.07 Å². The summed E-state index contributed by atoms with van der Waals surface area (Å²) in [7, 11) is -2.07. The molecular weight excluding hydrogens is 280 g/mol. The van der Waals surface area contributed by atoms with Crippen molar-refractivity contribution in [3.05, 3.63) is 35.7 Å². The maximum Gasteiger partial charge on any atom is 0.244 e. The summed E-state index contributed by atoms with van der Waals surface area (Å²) in [4.78, 5) is 0.138. The summed E-state index contributed by atoms with van der Waals surface area (Å²) >= 11 is 0. The fourth-order valence-electron chi connectivity index (χ4n) is 1.76. The van der Waals surface area contributed by atoms with Gasteiger partial charge in [-0.2, -0.15) is 5.10 Å². The number of benzene rings is 1. The molecule has 0 spiro atoms. The number of H-pyrrole nitrogens is 1. The first-order valence-corrected chi connectivity index (χ1v) is 7.34. The molecule has 0 aliphatic heterocycles. The Balaban J connectivity index is 2.13. The number of nitrogens with two attached hydrogens (primary N) is 1. The highest BCUT2D eigenvalue weighted by atomic mass is 32.2. The summed E-state index contributed by atoms with van der Waals surface area (Å²) in [5.41, 5.74) is 7.47. The third-order valence-electron chi connectivity index (χ3n) is 2.83. The van der Waals surface area contributed by atoms with E-state index in [1.807, 2.05) is 0 Å². The topological polar surface area (TPSA) is 110 Å². The highest BCUT2D eigenvalue weighted by Gasteiger charge is 2.18. The zero-order chi connectivity index (χ0) is 14.8. The lowest BCUT2D eigenvalue weighted by Gasteiger charge is -2.08. The highest BCUT2D eigenvalue weighted by Crippen LogP contribution is 2.22. The number of methoxy groups -OCH3 is 1. The van der Waals surface area contributed by atoms with Crippen LogP contribution in [0.2, 0.25) is 0 Å². The maximum atomic E-state index is 12.1. The number of aromatic amines is 1. The summed E-state index contributed by atoms with van der Waals surface area (Å²) in [6, 6.07) is 5.12. The van der Waals surface area contributed by atoms with E-state index in [-0.39, 0.29) is 11.4 Å². The molecule has 0 aliphatic rings. The molecule has 0 amide bonds. The first kappa shape index (κ1) is 14.4. The second kappa shape index (κ2) is 5.51. The van der Waals surface area contributed by atoms with Crippen molar-refractivity contribution < 1.29 is 13.2 Å². The second-order valence-corrected chi connectivity index (χ2v) is 6.00. The van der Waals surface area contributed by atoms with E-state index in [1.165, 1.54) is 13.3 Å². The number of anilines is 1. The van der Waals surface area contributed by atoms with Crippen LogP contribution in [0.5, 0.6) is 5.75 Å². The van der Waals surface area contributed by atoms with Gasteiger partial charge in [-0.25, -0.2) is 13.1 Å². The summed E-state index contributed by atoms with van der Waals surface area (Å²) in [6.45, 7) is 1.79. The fraction of sp³-hybridized carbons (Fsp3) is 0.250. The van der Waals surface area contributed by atoms with E-state index in [2.05, 4.69) is 14.9 Å². The average molecular weight is 296 g/mol. The fourth-order valence-corrected chi connectivity index (χ4v) is 2.91. The maximum absolute atomic E-state index is 12.1. The molecule has 2 rings (SSSR count). The van der Waals surface area contributed by atoms with E-state index in [1.54, 1.807) is 25.1 Å². The number of rotatable bonds is 5. The molecular formula is C12H16N4O3S. The molecule has 1 aromatic carbocycles. The second-order valence-electron chi connectivity index (χ2n) is 4.26. The van der Waals surface area contributed by atoms with E-state index in [4.69, 9.17) is 10.5 Å². The minimum absolute atomic E-state index is 0.138. The molecule has 0 saturated heterocycles. The van der Waals surface area contributed by atoms with E-state index in [0.29, 0.717) is 17.1 Å². The summed E-state index contributed by atoms with van der Waals surface area (Å²) < 4.78 is 31.7. The molecule has 7 nitrogen and oxygen atoms in total. The van der Waals surface area contributed by atoms with Crippen molar-refractivity contribution in [1.29, 1.82) is 0 Å². The lowest BCUT2D eigenvalue weighted by Crippen LogP contribution is -2.23. The number of sulfonamides is 1. The van der Waals surface area contributed by atoms with Gasteiger partial charge in [0.15, 0.2) is 0 Å². The molecule has 0 radical (unpaired) electrons. The van der Waals surface area contributed by atoms with Crippen molar-refractivity contribution >= 4 is 15.7 Å². The molecule has 8 heteroatoms. The highest BCUT2D eigenvalue weighted by molar-refractivity contribution is 7.89. The van der Waals surface area contributed by atoms with Crippen LogP contribution in [0.15, 0.2) is 29.3 Å². The molecule has 0 fully saturated rings. The van der Waals surface area contributed by atoms with Crippen LogP contribution in [0.1, 0.15) is 11.3 Å². The molecule has 0 unspecified atom stereocenters. The van der Waals surface area contributed by atoms with Gasteiger partial charge in [0, 0.05) is 6.54 Å². The number of hydrogen-bond acceptors (Lipinski definition) is 5. The van der Waals surface area contributed by atoms with Crippen molar-refractivity contribution in [2.75, 3.05) is 12.8 Å². The van der Waals surface area contributed by atoms with Gasteiger partial charge in [0.2, 0.25) is 10.0 Å². The van der Waals surface area contributed by atoms with Crippen LogP contribution in [0.3, 0.4) is 0 Å². The van der Waals surface area contributed by atoms with Crippen LogP contribution in [0, 0.1) is 6.92 Å². The molecule has 0 saturated carbocycles. The molecule has 0 aliphatic carbocycles. The van der Waals surface area contributed by atoms with E-state index in [0.717, 1.165) is 5.56 Å². The average Bonchev–Trinajstić information content (AvgIpc) is 2.84. The Bertz CT molecular complexity index is 709. The van der Waals surface area contributed by atoms with Gasteiger partial charge in [0.05, 0.1) is 24.7 Å². The van der Waals surface area contributed by atoms with Gasteiger partial charge in [-0.3, -0.25) is 5.10 Å². The van der Waals surface area contributed by atoms with E-state index in [9.17, 15) is 8.42 Å². The monoisotopic (exact) mass is 296 g/mol. The van der Waals surface area contributed by atoms with Crippen molar-refractivity contribution in [1.82, 2.24) is 14.9 Å². The van der Waals surface area contributed by atoms with Crippen molar-refractivity contribution in [3.63, 3.8) is 0 Å². The number of ether oxygens (including phenoxy) is 1. The van der Waals surface area contributed by atoms with Crippen LogP contribution in [-0.4, -0.2) is 25.7 Å². The first-order chi connectivity index (χ1) is 9.44. The predicted octanol–water partition coefficient (Wildman–Crippen LogP) is 0.787. The van der Waals surface area contributed by atoms with Gasteiger partial charge >= 0.3 is 0 Å². The summed E-state index contributed by atoms with van der Waals surface area (Å²) in [5.74, 6) is 0.558. The van der Waals surface area contributed by atoms with Gasteiger partial charge < -0.3 is 10.5 Å². The minimum atomic E-state index is -3.59. The Morgan fingerprint density at radius 2 is 2.20 bits per heavy atom. The molecule has 0 bridgehead atoms. The van der Waals surface area contributed by atoms with Crippen LogP contribution >= 0.6 is 0 Å². The number of hydrogen-bond donors (Lipinski definition) is 3. The van der Waals surface area contributed by atoms with Crippen LogP contribution in [0.25, 0.3) is 0 Å². The van der Waals surface area contributed by atoms with Crippen LogP contribution in [-0.2, 0) is 16.6 Å². The molecule has 0 atom stereocenters. The molecule has 4 N–H and O–H groups in total. The van der Waals surface area contributed by atoms with Gasteiger partial charge in [0.25, 0.3) is 0 Å². The predicted molar refractivity (Wildman–Crippen MR) is 74.8 cm³/mol. The molecule has 1 aromatic heterocycles. The lowest BCUT2D eigenvalue weighted by atomic mass is 10.2. The standard InChI is InChI=1S/C12H16N4O3S/c1-8-12(7-14-16-8)20(17,18)15-6-9-3-4-11(19-2)10(13)5-9/h3-5,7,15H,6,13H2,1-2H3,(H,14,16). The Labute approximate surface area is 117 Å². The van der Waals surface area contributed by atoms with Crippen LogP contribution < -0.4 is 15.2 Å². The van der Waals surface area contributed by atoms with Crippen molar-refractivity contribution in [2.45, 2.75) is 18.4 Å². The Morgan fingerprint density at radius 3 is 2.75 bits per heavy atom. The zero-order valence-corrected chi connectivity index (χ0v) is 12.0. The SMILES string of the molecule is COc1ccc(CNS(=O)(=O)c2cn[nH]c2C)cc1N.